The Morgan fingerprint density at radius 1 is 0.606 bits per heavy atom. The van der Waals surface area contributed by atoms with Gasteiger partial charge in [0.15, 0.2) is 0 Å². The predicted molar refractivity (Wildman–Crippen MR) is 134 cm³/mol. The fourth-order valence-corrected chi connectivity index (χ4v) is 5.68. The lowest BCUT2D eigenvalue weighted by atomic mass is 9.95. The Labute approximate surface area is 195 Å². The Hall–Kier alpha value is -3.63. The van der Waals surface area contributed by atoms with Gasteiger partial charge in [-0.2, -0.15) is 0 Å². The maximum atomic E-state index is 13.1. The molecular weight excluding hydrogens is 426 g/mol. The molecule has 0 atom stereocenters. The van der Waals surface area contributed by atoms with Gasteiger partial charge in [0.2, 0.25) is 0 Å². The molecule has 0 fully saturated rings. The Morgan fingerprint density at radius 2 is 1.27 bits per heavy atom. The van der Waals surface area contributed by atoms with Crippen LogP contribution >= 0.6 is 0 Å². The van der Waals surface area contributed by atoms with Gasteiger partial charge in [0.05, 0.1) is 10.4 Å². The highest BCUT2D eigenvalue weighted by atomic mass is 32.2. The van der Waals surface area contributed by atoms with Gasteiger partial charge in [0.1, 0.15) is 0 Å². The summed E-state index contributed by atoms with van der Waals surface area (Å²) in [7, 11) is -3.62. The van der Waals surface area contributed by atoms with E-state index >= 15 is 0 Å². The van der Waals surface area contributed by atoms with Gasteiger partial charge in [-0.25, -0.2) is 12.4 Å². The summed E-state index contributed by atoms with van der Waals surface area (Å²) in [6.45, 7) is 0. The normalized spacial score (nSPS) is 11.6. The number of aromatic nitrogens is 1. The Kier molecular flexibility index (Phi) is 5.84. The van der Waals surface area contributed by atoms with E-state index in [9.17, 15) is 8.42 Å². The first kappa shape index (κ1) is 21.2. The molecule has 0 aliphatic carbocycles. The smallest absolute Gasteiger partial charge is 0.241 e. The number of hydrogen-bond donors (Lipinski definition) is 0. The molecule has 1 heterocycles. The fourth-order valence-electron chi connectivity index (χ4n) is 4.31. The summed E-state index contributed by atoms with van der Waals surface area (Å²) in [6.07, 6.45) is 4.47. The molecule has 0 N–H and O–H groups in total. The quantitative estimate of drug-likeness (QED) is 0.293. The van der Waals surface area contributed by atoms with Gasteiger partial charge in [-0.3, -0.25) is 0 Å². The van der Waals surface area contributed by atoms with Crippen LogP contribution in [0.15, 0.2) is 120 Å². The van der Waals surface area contributed by atoms with E-state index in [1.54, 1.807) is 30.5 Å². The van der Waals surface area contributed by atoms with Crippen molar-refractivity contribution in [3.05, 3.63) is 138 Å². The molecule has 0 radical (unpaired) electrons. The number of hydrogen-bond acceptors (Lipinski definition) is 2. The number of benzene rings is 4. The lowest BCUT2D eigenvalue weighted by molar-refractivity contribution is 0.589. The van der Waals surface area contributed by atoms with E-state index in [4.69, 9.17) is 0 Å². The zero-order chi connectivity index (χ0) is 22.7. The van der Waals surface area contributed by atoms with Crippen LogP contribution in [0.25, 0.3) is 10.9 Å². The second-order valence-electron chi connectivity index (χ2n) is 8.25. The summed E-state index contributed by atoms with van der Waals surface area (Å²) in [5.41, 5.74) is 5.87. The number of nitrogens with zero attached hydrogens (tertiary/aromatic N) is 1. The van der Waals surface area contributed by atoms with Crippen LogP contribution in [-0.2, 0) is 29.3 Å². The molecule has 0 bridgehead atoms. The molecule has 4 heteroatoms. The van der Waals surface area contributed by atoms with Crippen molar-refractivity contribution in [2.45, 2.75) is 24.2 Å². The van der Waals surface area contributed by atoms with E-state index < -0.39 is 10.0 Å². The molecule has 0 saturated heterocycles. The number of rotatable bonds is 7. The Balaban J connectivity index is 1.40. The van der Waals surface area contributed by atoms with Crippen molar-refractivity contribution in [1.29, 1.82) is 0 Å². The molecule has 33 heavy (non-hydrogen) atoms. The molecule has 0 unspecified atom stereocenters. The van der Waals surface area contributed by atoms with Crippen molar-refractivity contribution in [3.63, 3.8) is 0 Å². The molecular formula is C29H25NO2S. The first-order valence-electron chi connectivity index (χ1n) is 11.1. The molecule has 4 aromatic carbocycles. The van der Waals surface area contributed by atoms with Crippen molar-refractivity contribution >= 4 is 20.9 Å². The molecule has 3 nitrogen and oxygen atoms in total. The number of fused-ring (bicyclic) bond motifs is 1. The average molecular weight is 452 g/mol. The first-order valence-corrected chi connectivity index (χ1v) is 12.6. The van der Waals surface area contributed by atoms with Crippen LogP contribution in [0.2, 0.25) is 0 Å². The fraction of sp³-hybridized carbons (Fsp3) is 0.103. The van der Waals surface area contributed by atoms with Crippen LogP contribution < -0.4 is 0 Å². The molecule has 0 spiro atoms. The summed E-state index contributed by atoms with van der Waals surface area (Å²) in [5, 5.41) is 0.925. The maximum Gasteiger partial charge on any atom is 0.268 e. The molecule has 0 aliphatic rings. The van der Waals surface area contributed by atoms with E-state index in [0.717, 1.165) is 24.6 Å². The van der Waals surface area contributed by atoms with Crippen LogP contribution in [0.3, 0.4) is 0 Å². The lowest BCUT2D eigenvalue weighted by Crippen LogP contribution is -2.11. The Morgan fingerprint density at radius 3 is 2.03 bits per heavy atom. The van der Waals surface area contributed by atoms with E-state index in [1.807, 2.05) is 30.3 Å². The van der Waals surface area contributed by atoms with Crippen molar-refractivity contribution in [2.24, 2.45) is 0 Å². The molecule has 1 aromatic heterocycles. The SMILES string of the molecule is O=S(=O)(c1ccccc1)n1ccc2cc(Cc3ccccc3CCc3ccccc3)ccc21. The Bertz CT molecular complexity index is 1490. The van der Waals surface area contributed by atoms with Gasteiger partial charge in [0, 0.05) is 11.6 Å². The topological polar surface area (TPSA) is 39.1 Å². The van der Waals surface area contributed by atoms with E-state index in [1.165, 1.54) is 26.2 Å². The highest BCUT2D eigenvalue weighted by Gasteiger charge is 2.18. The van der Waals surface area contributed by atoms with Crippen molar-refractivity contribution < 1.29 is 8.42 Å². The summed E-state index contributed by atoms with van der Waals surface area (Å²) in [5.74, 6) is 0. The third-order valence-electron chi connectivity index (χ3n) is 6.06. The van der Waals surface area contributed by atoms with Crippen LogP contribution in [0.1, 0.15) is 22.3 Å². The zero-order valence-electron chi connectivity index (χ0n) is 18.3. The third-order valence-corrected chi connectivity index (χ3v) is 7.76. The van der Waals surface area contributed by atoms with Crippen LogP contribution in [0.5, 0.6) is 0 Å². The average Bonchev–Trinajstić information content (AvgIpc) is 3.29. The second-order valence-corrected chi connectivity index (χ2v) is 10.1. The summed E-state index contributed by atoms with van der Waals surface area (Å²) in [6, 6.07) is 35.6. The van der Waals surface area contributed by atoms with Crippen molar-refractivity contribution in [1.82, 2.24) is 3.97 Å². The van der Waals surface area contributed by atoms with Crippen LogP contribution in [0.4, 0.5) is 0 Å². The van der Waals surface area contributed by atoms with Gasteiger partial charge < -0.3 is 0 Å². The van der Waals surface area contributed by atoms with Gasteiger partial charge in [-0.1, -0.05) is 78.9 Å². The first-order chi connectivity index (χ1) is 16.1. The highest BCUT2D eigenvalue weighted by Crippen LogP contribution is 2.25. The minimum atomic E-state index is -3.62. The third kappa shape index (κ3) is 4.48. The van der Waals surface area contributed by atoms with Gasteiger partial charge in [-0.15, -0.1) is 0 Å². The van der Waals surface area contributed by atoms with E-state index in [2.05, 4.69) is 54.6 Å². The van der Waals surface area contributed by atoms with E-state index in [-0.39, 0.29) is 0 Å². The molecule has 5 aromatic rings. The largest absolute Gasteiger partial charge is 0.268 e. The number of aryl methyl sites for hydroxylation is 2. The molecule has 0 aliphatic heterocycles. The van der Waals surface area contributed by atoms with E-state index in [0.29, 0.717) is 10.4 Å². The molecule has 164 valence electrons. The molecule has 0 saturated carbocycles. The standard InChI is InChI=1S/C29H25NO2S/c31-33(32,28-13-5-2-6-14-28)30-20-19-27-22-24(16-18-29(27)30)21-26-12-8-7-11-25(26)17-15-23-9-3-1-4-10-23/h1-14,16,18-20,22H,15,17,21H2. The second kappa shape index (κ2) is 9.08. The van der Waals surface area contributed by atoms with Gasteiger partial charge >= 0.3 is 0 Å². The zero-order valence-corrected chi connectivity index (χ0v) is 19.1. The van der Waals surface area contributed by atoms with Gasteiger partial charge in [-0.05, 0) is 71.8 Å². The summed E-state index contributed by atoms with van der Waals surface area (Å²) in [4.78, 5) is 0.291. The minimum Gasteiger partial charge on any atom is -0.241 e. The minimum absolute atomic E-state index is 0.291. The van der Waals surface area contributed by atoms with Crippen molar-refractivity contribution in [2.75, 3.05) is 0 Å². The van der Waals surface area contributed by atoms with Gasteiger partial charge in [0.25, 0.3) is 10.0 Å². The summed E-state index contributed by atoms with van der Waals surface area (Å²) >= 11 is 0. The molecule has 5 rings (SSSR count). The monoisotopic (exact) mass is 451 g/mol. The highest BCUT2D eigenvalue weighted by molar-refractivity contribution is 7.90. The predicted octanol–water partition coefficient (Wildman–Crippen LogP) is 6.25. The maximum absolute atomic E-state index is 13.1. The molecule has 0 amide bonds. The lowest BCUT2D eigenvalue weighted by Gasteiger charge is -2.11. The van der Waals surface area contributed by atoms with Crippen LogP contribution in [0, 0.1) is 0 Å². The van der Waals surface area contributed by atoms with Crippen molar-refractivity contribution in [3.8, 4) is 0 Å². The summed E-state index contributed by atoms with van der Waals surface area (Å²) < 4.78 is 27.5. The van der Waals surface area contributed by atoms with Crippen LogP contribution in [-0.4, -0.2) is 12.4 Å².